The summed E-state index contributed by atoms with van der Waals surface area (Å²) in [4.78, 5) is 15.7. The molecule has 0 aromatic carbocycles. The van der Waals surface area contributed by atoms with Crippen LogP contribution in [0.3, 0.4) is 0 Å². The van der Waals surface area contributed by atoms with Gasteiger partial charge in [-0.2, -0.15) is 0 Å². The van der Waals surface area contributed by atoms with Crippen molar-refractivity contribution in [3.8, 4) is 0 Å². The van der Waals surface area contributed by atoms with Crippen molar-refractivity contribution in [3.63, 3.8) is 0 Å². The van der Waals surface area contributed by atoms with Gasteiger partial charge in [0.25, 0.3) is 0 Å². The number of rotatable bonds is 2. The van der Waals surface area contributed by atoms with Crippen molar-refractivity contribution in [3.05, 3.63) is 0 Å². The summed E-state index contributed by atoms with van der Waals surface area (Å²) < 4.78 is 0. The lowest BCUT2D eigenvalue weighted by Crippen LogP contribution is -2.49. The molecule has 0 aromatic rings. The number of nitrogens with one attached hydrogen (secondary N) is 1. The fourth-order valence-electron chi connectivity index (χ4n) is 2.05. The number of likely N-dealkylation sites (tertiary alicyclic amines) is 1. The zero-order valence-corrected chi connectivity index (χ0v) is 10.7. The van der Waals surface area contributed by atoms with Gasteiger partial charge in [0, 0.05) is 26.7 Å². The van der Waals surface area contributed by atoms with E-state index in [1.54, 1.807) is 19.0 Å². The SMILES string of the molecule is CN(C)C(=O)C1CCCN1C(=S)NC1CC1. The van der Waals surface area contributed by atoms with Gasteiger partial charge in [0.05, 0.1) is 0 Å². The molecule has 0 aromatic heterocycles. The van der Waals surface area contributed by atoms with Crippen LogP contribution in [-0.2, 0) is 4.79 Å². The second kappa shape index (κ2) is 4.57. The smallest absolute Gasteiger partial charge is 0.244 e. The lowest BCUT2D eigenvalue weighted by Gasteiger charge is -2.28. The Balaban J connectivity index is 1.96. The van der Waals surface area contributed by atoms with E-state index >= 15 is 0 Å². The summed E-state index contributed by atoms with van der Waals surface area (Å²) in [7, 11) is 3.60. The minimum atomic E-state index is -0.0475. The summed E-state index contributed by atoms with van der Waals surface area (Å²) in [5, 5.41) is 4.07. The molecule has 1 aliphatic carbocycles. The van der Waals surface area contributed by atoms with Crippen LogP contribution < -0.4 is 5.32 Å². The van der Waals surface area contributed by atoms with Crippen LogP contribution in [-0.4, -0.2) is 53.5 Å². The number of carbonyl (C=O) groups is 1. The summed E-state index contributed by atoms with van der Waals surface area (Å²) in [6.07, 6.45) is 4.39. The Morgan fingerprint density at radius 2 is 2.06 bits per heavy atom. The number of hydrogen-bond acceptors (Lipinski definition) is 2. The Labute approximate surface area is 102 Å². The van der Waals surface area contributed by atoms with Crippen molar-refractivity contribution in [1.82, 2.24) is 15.1 Å². The number of nitrogens with zero attached hydrogens (tertiary/aromatic N) is 2. The van der Waals surface area contributed by atoms with E-state index in [0.717, 1.165) is 24.5 Å². The Bertz CT molecular complexity index is 302. The first-order valence-electron chi connectivity index (χ1n) is 5.88. The third-order valence-corrected chi connectivity index (χ3v) is 3.50. The number of amides is 1. The summed E-state index contributed by atoms with van der Waals surface area (Å²) in [5.41, 5.74) is 0. The largest absolute Gasteiger partial charge is 0.360 e. The molecule has 1 atom stereocenters. The fourth-order valence-corrected chi connectivity index (χ4v) is 2.43. The van der Waals surface area contributed by atoms with Crippen LogP contribution >= 0.6 is 12.2 Å². The van der Waals surface area contributed by atoms with Gasteiger partial charge in [-0.1, -0.05) is 0 Å². The topological polar surface area (TPSA) is 35.6 Å². The van der Waals surface area contributed by atoms with E-state index in [2.05, 4.69) is 10.2 Å². The van der Waals surface area contributed by atoms with Crippen molar-refractivity contribution < 1.29 is 4.79 Å². The van der Waals surface area contributed by atoms with Crippen LogP contribution in [0.25, 0.3) is 0 Å². The van der Waals surface area contributed by atoms with Crippen LogP contribution in [0.15, 0.2) is 0 Å². The molecule has 0 bridgehead atoms. The van der Waals surface area contributed by atoms with E-state index in [1.165, 1.54) is 12.8 Å². The van der Waals surface area contributed by atoms with Gasteiger partial charge in [0.2, 0.25) is 5.91 Å². The molecule has 1 amide bonds. The second-order valence-corrected chi connectivity index (χ2v) is 5.19. The van der Waals surface area contributed by atoms with Crippen LogP contribution in [0.1, 0.15) is 25.7 Å². The molecule has 0 spiro atoms. The molecule has 90 valence electrons. The summed E-state index contributed by atoms with van der Waals surface area (Å²) in [5.74, 6) is 0.164. The van der Waals surface area contributed by atoms with Crippen LogP contribution in [0.4, 0.5) is 0 Å². The Morgan fingerprint density at radius 1 is 1.38 bits per heavy atom. The normalized spacial score (nSPS) is 24.4. The maximum Gasteiger partial charge on any atom is 0.244 e. The number of thiocarbonyl (C=S) groups is 1. The van der Waals surface area contributed by atoms with E-state index in [-0.39, 0.29) is 11.9 Å². The van der Waals surface area contributed by atoms with Gasteiger partial charge in [-0.25, -0.2) is 0 Å². The second-order valence-electron chi connectivity index (χ2n) is 4.81. The number of hydrogen-bond donors (Lipinski definition) is 1. The predicted molar refractivity (Wildman–Crippen MR) is 67.2 cm³/mol. The monoisotopic (exact) mass is 241 g/mol. The molecule has 4 nitrogen and oxygen atoms in total. The first-order chi connectivity index (χ1) is 7.59. The predicted octanol–water partition coefficient (Wildman–Crippen LogP) is 0.576. The third-order valence-electron chi connectivity index (χ3n) is 3.14. The Hall–Kier alpha value is -0.840. The van der Waals surface area contributed by atoms with Gasteiger partial charge < -0.3 is 15.1 Å². The van der Waals surface area contributed by atoms with Crippen molar-refractivity contribution in [2.75, 3.05) is 20.6 Å². The molecule has 5 heteroatoms. The van der Waals surface area contributed by atoms with E-state index in [1.807, 2.05) is 0 Å². The van der Waals surface area contributed by atoms with Crippen molar-refractivity contribution in [2.24, 2.45) is 0 Å². The van der Waals surface area contributed by atoms with E-state index in [0.29, 0.717) is 6.04 Å². The van der Waals surface area contributed by atoms with E-state index < -0.39 is 0 Å². The van der Waals surface area contributed by atoms with Crippen molar-refractivity contribution >= 4 is 23.2 Å². The Morgan fingerprint density at radius 3 is 2.62 bits per heavy atom. The van der Waals surface area contributed by atoms with E-state index in [9.17, 15) is 4.79 Å². The molecule has 1 saturated heterocycles. The average Bonchev–Trinajstić information content (AvgIpc) is 2.91. The molecule has 2 fully saturated rings. The minimum absolute atomic E-state index is 0.0475. The first kappa shape index (κ1) is 11.6. The number of likely N-dealkylation sites (N-methyl/N-ethyl adjacent to an activating group) is 1. The molecule has 1 aliphatic heterocycles. The zero-order valence-electron chi connectivity index (χ0n) is 9.90. The van der Waals surface area contributed by atoms with Gasteiger partial charge in [-0.15, -0.1) is 0 Å². The highest BCUT2D eigenvalue weighted by Crippen LogP contribution is 2.22. The zero-order chi connectivity index (χ0) is 11.7. The standard InChI is InChI=1S/C11H19N3OS/c1-13(2)10(15)9-4-3-7-14(9)11(16)12-8-5-6-8/h8-9H,3-7H2,1-2H3,(H,12,16). The minimum Gasteiger partial charge on any atom is -0.360 e. The van der Waals surface area contributed by atoms with Crippen LogP contribution in [0.2, 0.25) is 0 Å². The summed E-state index contributed by atoms with van der Waals surface area (Å²) >= 11 is 5.36. The van der Waals surface area contributed by atoms with Crippen LogP contribution in [0, 0.1) is 0 Å². The lowest BCUT2D eigenvalue weighted by atomic mass is 10.2. The molecule has 1 unspecified atom stereocenters. The Kier molecular flexibility index (Phi) is 3.33. The van der Waals surface area contributed by atoms with Crippen LogP contribution in [0.5, 0.6) is 0 Å². The quantitative estimate of drug-likeness (QED) is 0.717. The molecule has 0 radical (unpaired) electrons. The van der Waals surface area contributed by atoms with Crippen molar-refractivity contribution in [2.45, 2.75) is 37.8 Å². The molecule has 1 N–H and O–H groups in total. The molecule has 1 heterocycles. The molecular formula is C11H19N3OS. The highest BCUT2D eigenvalue weighted by molar-refractivity contribution is 7.80. The van der Waals surface area contributed by atoms with Gasteiger partial charge in [-0.3, -0.25) is 4.79 Å². The third kappa shape index (κ3) is 2.45. The van der Waals surface area contributed by atoms with Gasteiger partial charge in [-0.05, 0) is 37.9 Å². The van der Waals surface area contributed by atoms with Gasteiger partial charge >= 0.3 is 0 Å². The van der Waals surface area contributed by atoms with E-state index in [4.69, 9.17) is 12.2 Å². The van der Waals surface area contributed by atoms with Gasteiger partial charge in [0.1, 0.15) is 6.04 Å². The molecule has 2 aliphatic rings. The molecule has 1 saturated carbocycles. The highest BCUT2D eigenvalue weighted by atomic mass is 32.1. The highest BCUT2D eigenvalue weighted by Gasteiger charge is 2.34. The first-order valence-corrected chi connectivity index (χ1v) is 6.28. The summed E-state index contributed by atoms with van der Waals surface area (Å²) in [6, 6.07) is 0.511. The number of carbonyl (C=O) groups excluding carboxylic acids is 1. The summed E-state index contributed by atoms with van der Waals surface area (Å²) in [6.45, 7) is 0.906. The average molecular weight is 241 g/mol. The molecule has 2 rings (SSSR count). The van der Waals surface area contributed by atoms with Crippen molar-refractivity contribution in [1.29, 1.82) is 0 Å². The molecular weight excluding hydrogens is 222 g/mol. The molecule has 16 heavy (non-hydrogen) atoms. The maximum atomic E-state index is 12.0. The lowest BCUT2D eigenvalue weighted by molar-refractivity contribution is -0.132. The fraction of sp³-hybridized carbons (Fsp3) is 0.818. The maximum absolute atomic E-state index is 12.0. The van der Waals surface area contributed by atoms with Gasteiger partial charge in [0.15, 0.2) is 5.11 Å².